The zero-order valence-electron chi connectivity index (χ0n) is 14.4. The van der Waals surface area contributed by atoms with E-state index in [1.165, 1.54) is 0 Å². The average molecular weight is 356 g/mol. The zero-order valence-corrected chi connectivity index (χ0v) is 14.4. The molecule has 1 atom stereocenters. The van der Waals surface area contributed by atoms with Gasteiger partial charge in [-0.2, -0.15) is 0 Å². The van der Waals surface area contributed by atoms with E-state index in [1.54, 1.807) is 0 Å². The monoisotopic (exact) mass is 356 g/mol. The number of hydrogen-bond donors (Lipinski definition) is 2. The minimum Gasteiger partial charge on any atom is -0.454 e. The average Bonchev–Trinajstić information content (AvgIpc) is 3.29. The Morgan fingerprint density at radius 3 is 2.38 bits per heavy atom. The van der Waals surface area contributed by atoms with E-state index in [-0.39, 0.29) is 25.7 Å². The quantitative estimate of drug-likeness (QED) is 0.861. The van der Waals surface area contributed by atoms with Crippen molar-refractivity contribution in [2.75, 3.05) is 20.1 Å². The van der Waals surface area contributed by atoms with Gasteiger partial charge in [-0.1, -0.05) is 12.1 Å². The second-order valence-electron chi connectivity index (χ2n) is 6.17. The summed E-state index contributed by atoms with van der Waals surface area (Å²) in [5.41, 5.74) is 2.04. The summed E-state index contributed by atoms with van der Waals surface area (Å²) in [6.07, 6.45) is 0.711. The summed E-state index contributed by atoms with van der Waals surface area (Å²) in [7, 11) is 0. The molecule has 0 saturated heterocycles. The molecule has 2 N–H and O–H groups in total. The van der Waals surface area contributed by atoms with Crippen molar-refractivity contribution >= 4 is 6.03 Å². The minimum absolute atomic E-state index is 0.143. The molecule has 2 aliphatic heterocycles. The molecule has 2 heterocycles. The van der Waals surface area contributed by atoms with Crippen LogP contribution in [0.25, 0.3) is 0 Å². The molecular formula is C19H20N2O5. The van der Waals surface area contributed by atoms with Crippen LogP contribution in [0.3, 0.4) is 0 Å². The Morgan fingerprint density at radius 1 is 0.962 bits per heavy atom. The summed E-state index contributed by atoms with van der Waals surface area (Å²) in [5, 5.41) is 5.80. The fraction of sp³-hybridized carbons (Fsp3) is 0.316. The Labute approximate surface area is 151 Å². The second-order valence-corrected chi connectivity index (χ2v) is 6.17. The Bertz CT molecular complexity index is 824. The molecule has 0 unspecified atom stereocenters. The van der Waals surface area contributed by atoms with Crippen LogP contribution in [0.2, 0.25) is 0 Å². The third-order valence-corrected chi connectivity index (χ3v) is 4.38. The van der Waals surface area contributed by atoms with Gasteiger partial charge >= 0.3 is 6.03 Å². The predicted octanol–water partition coefficient (Wildman–Crippen LogP) is 2.75. The first-order valence-corrected chi connectivity index (χ1v) is 8.51. The van der Waals surface area contributed by atoms with Crippen LogP contribution in [0.5, 0.6) is 23.0 Å². The molecular weight excluding hydrogens is 336 g/mol. The highest BCUT2D eigenvalue weighted by atomic mass is 16.7. The third kappa shape index (κ3) is 3.46. The fourth-order valence-corrected chi connectivity index (χ4v) is 2.93. The first-order chi connectivity index (χ1) is 12.7. The van der Waals surface area contributed by atoms with Crippen molar-refractivity contribution in [1.29, 1.82) is 0 Å². The van der Waals surface area contributed by atoms with Gasteiger partial charge < -0.3 is 29.6 Å². The fourth-order valence-electron chi connectivity index (χ4n) is 2.93. The van der Waals surface area contributed by atoms with Crippen molar-refractivity contribution in [2.45, 2.75) is 19.4 Å². The lowest BCUT2D eigenvalue weighted by Crippen LogP contribution is -2.38. The van der Waals surface area contributed by atoms with Gasteiger partial charge in [0.2, 0.25) is 13.6 Å². The van der Waals surface area contributed by atoms with E-state index in [4.69, 9.17) is 18.9 Å². The Hall–Kier alpha value is -3.09. The molecule has 0 bridgehead atoms. The van der Waals surface area contributed by atoms with Crippen LogP contribution in [0.1, 0.15) is 24.1 Å². The van der Waals surface area contributed by atoms with Crippen molar-refractivity contribution in [3.63, 3.8) is 0 Å². The van der Waals surface area contributed by atoms with Gasteiger partial charge in [-0.05, 0) is 48.7 Å². The van der Waals surface area contributed by atoms with Crippen LogP contribution in [0, 0.1) is 0 Å². The third-order valence-electron chi connectivity index (χ3n) is 4.38. The number of nitrogens with one attached hydrogen (secondary N) is 2. The van der Waals surface area contributed by atoms with Crippen molar-refractivity contribution in [3.05, 3.63) is 47.5 Å². The van der Waals surface area contributed by atoms with Crippen LogP contribution < -0.4 is 29.6 Å². The number of hydrogen-bond acceptors (Lipinski definition) is 5. The van der Waals surface area contributed by atoms with Gasteiger partial charge in [0, 0.05) is 6.54 Å². The topological polar surface area (TPSA) is 78.1 Å². The molecule has 4 rings (SSSR count). The molecule has 7 nitrogen and oxygen atoms in total. The van der Waals surface area contributed by atoms with Gasteiger partial charge in [0.1, 0.15) is 0 Å². The molecule has 7 heteroatoms. The van der Waals surface area contributed by atoms with Crippen LogP contribution in [-0.4, -0.2) is 26.2 Å². The number of benzene rings is 2. The highest BCUT2D eigenvalue weighted by Gasteiger charge is 2.17. The highest BCUT2D eigenvalue weighted by molar-refractivity contribution is 5.74. The first-order valence-electron chi connectivity index (χ1n) is 8.51. The number of rotatable bonds is 5. The van der Waals surface area contributed by atoms with E-state index in [9.17, 15) is 4.79 Å². The number of urea groups is 1. The van der Waals surface area contributed by atoms with Gasteiger partial charge in [0.05, 0.1) is 6.04 Å². The van der Waals surface area contributed by atoms with Crippen molar-refractivity contribution in [3.8, 4) is 23.0 Å². The first kappa shape index (κ1) is 16.4. The van der Waals surface area contributed by atoms with Gasteiger partial charge in [-0.3, -0.25) is 0 Å². The van der Waals surface area contributed by atoms with Gasteiger partial charge in [0.25, 0.3) is 0 Å². The zero-order chi connectivity index (χ0) is 17.9. The number of amides is 2. The molecule has 0 aromatic heterocycles. The number of ether oxygens (including phenoxy) is 4. The molecule has 2 aromatic carbocycles. The van der Waals surface area contributed by atoms with Gasteiger partial charge in [0.15, 0.2) is 23.0 Å². The van der Waals surface area contributed by atoms with Crippen LogP contribution in [-0.2, 0) is 6.42 Å². The second kappa shape index (κ2) is 7.03. The lowest BCUT2D eigenvalue weighted by Gasteiger charge is -2.15. The maximum atomic E-state index is 12.1. The smallest absolute Gasteiger partial charge is 0.315 e. The van der Waals surface area contributed by atoms with E-state index < -0.39 is 0 Å². The van der Waals surface area contributed by atoms with E-state index in [2.05, 4.69) is 10.6 Å². The maximum absolute atomic E-state index is 12.1. The van der Waals surface area contributed by atoms with Crippen LogP contribution in [0.15, 0.2) is 36.4 Å². The predicted molar refractivity (Wildman–Crippen MR) is 93.8 cm³/mol. The molecule has 136 valence electrons. The lowest BCUT2D eigenvalue weighted by molar-refractivity contribution is 0.173. The molecule has 0 saturated carbocycles. The SMILES string of the molecule is C[C@H](NC(=O)NCCc1ccc2c(c1)OCO2)c1ccc2c(c1)OCO2. The van der Waals surface area contributed by atoms with E-state index >= 15 is 0 Å². The largest absolute Gasteiger partial charge is 0.454 e. The summed E-state index contributed by atoms with van der Waals surface area (Å²) < 4.78 is 21.3. The molecule has 0 aliphatic carbocycles. The maximum Gasteiger partial charge on any atom is 0.315 e. The molecule has 2 amide bonds. The number of fused-ring (bicyclic) bond motifs is 2. The van der Waals surface area contributed by atoms with Crippen molar-refractivity contribution in [1.82, 2.24) is 10.6 Å². The summed E-state index contributed by atoms with van der Waals surface area (Å²) in [6.45, 7) is 2.95. The molecule has 0 radical (unpaired) electrons. The van der Waals surface area contributed by atoms with E-state index in [0.29, 0.717) is 18.7 Å². The number of carbonyl (C=O) groups excluding carboxylic acids is 1. The summed E-state index contributed by atoms with van der Waals surface area (Å²) >= 11 is 0. The Kier molecular flexibility index (Phi) is 4.43. The molecule has 0 spiro atoms. The molecule has 0 fully saturated rings. The van der Waals surface area contributed by atoms with E-state index in [0.717, 1.165) is 28.4 Å². The Balaban J connectivity index is 1.26. The van der Waals surface area contributed by atoms with Gasteiger partial charge in [-0.25, -0.2) is 4.79 Å². The normalized spacial score (nSPS) is 14.8. The van der Waals surface area contributed by atoms with E-state index in [1.807, 2.05) is 43.3 Å². The van der Waals surface area contributed by atoms with Gasteiger partial charge in [-0.15, -0.1) is 0 Å². The van der Waals surface area contributed by atoms with Crippen LogP contribution in [0.4, 0.5) is 4.79 Å². The summed E-state index contributed by atoms with van der Waals surface area (Å²) in [5.74, 6) is 2.95. The lowest BCUT2D eigenvalue weighted by atomic mass is 10.1. The molecule has 2 aliphatic rings. The van der Waals surface area contributed by atoms with Crippen molar-refractivity contribution in [2.24, 2.45) is 0 Å². The minimum atomic E-state index is -0.212. The summed E-state index contributed by atoms with van der Waals surface area (Å²) in [4.78, 5) is 12.1. The highest BCUT2D eigenvalue weighted by Crippen LogP contribution is 2.34. The Morgan fingerprint density at radius 2 is 1.62 bits per heavy atom. The standard InChI is InChI=1S/C19H20N2O5/c1-12(14-3-5-16-18(9-14)26-11-24-16)21-19(22)20-7-6-13-2-4-15-17(8-13)25-10-23-15/h2-5,8-9,12H,6-7,10-11H2,1H3,(H2,20,21,22)/t12-/m0/s1. The number of carbonyl (C=O) groups is 1. The van der Waals surface area contributed by atoms with Crippen LogP contribution >= 0.6 is 0 Å². The van der Waals surface area contributed by atoms with Crippen molar-refractivity contribution < 1.29 is 23.7 Å². The molecule has 2 aromatic rings. The summed E-state index contributed by atoms with van der Waals surface area (Å²) in [6, 6.07) is 11.1. The molecule has 26 heavy (non-hydrogen) atoms.